The van der Waals surface area contributed by atoms with Gasteiger partial charge in [-0.15, -0.1) is 0 Å². The van der Waals surface area contributed by atoms with Crippen molar-refractivity contribution in [3.63, 3.8) is 0 Å². The number of pyridine rings is 1. The molecule has 0 saturated carbocycles. The molecule has 0 bridgehead atoms. The van der Waals surface area contributed by atoms with Gasteiger partial charge in [0.2, 0.25) is 0 Å². The van der Waals surface area contributed by atoms with Crippen molar-refractivity contribution in [2.24, 2.45) is 0 Å². The van der Waals surface area contributed by atoms with Crippen LogP contribution in [0.25, 0.3) is 16.5 Å². The molecule has 0 aliphatic heterocycles. The minimum absolute atomic E-state index is 0.135. The summed E-state index contributed by atoms with van der Waals surface area (Å²) in [5, 5.41) is 15.3. The van der Waals surface area contributed by atoms with Crippen molar-refractivity contribution in [2.75, 3.05) is 0 Å². The van der Waals surface area contributed by atoms with Crippen molar-refractivity contribution in [1.82, 2.24) is 14.8 Å². The van der Waals surface area contributed by atoms with Crippen molar-refractivity contribution in [2.45, 2.75) is 48.5 Å². The summed E-state index contributed by atoms with van der Waals surface area (Å²) in [6.07, 6.45) is 3.37. The molecule has 3 rings (SSSR count). The van der Waals surface area contributed by atoms with Crippen LogP contribution >= 0.6 is 0 Å². The second-order valence-electron chi connectivity index (χ2n) is 4.27. The number of aromatic nitrogens is 3. The normalized spacial score (nSPS) is 8.92. The first-order valence-electron chi connectivity index (χ1n) is 8.80. The number of hydrogen-bond acceptors (Lipinski definition) is 3. The molecule has 0 atom stereocenters. The van der Waals surface area contributed by atoms with Crippen molar-refractivity contribution in [1.29, 1.82) is 0 Å². The molecular formula is C20H29N3O2. The van der Waals surface area contributed by atoms with Crippen molar-refractivity contribution in [3.05, 3.63) is 54.1 Å². The summed E-state index contributed by atoms with van der Waals surface area (Å²) in [6.45, 7) is 13.8. The van der Waals surface area contributed by atoms with Gasteiger partial charge in [-0.05, 0) is 13.0 Å². The molecule has 25 heavy (non-hydrogen) atoms. The maximum absolute atomic E-state index is 11.3. The van der Waals surface area contributed by atoms with Crippen molar-refractivity contribution < 1.29 is 9.90 Å². The molecule has 2 heterocycles. The average molecular weight is 343 g/mol. The average Bonchev–Trinajstić information content (AvgIpc) is 3.08. The predicted octanol–water partition coefficient (Wildman–Crippen LogP) is 5.51. The molecule has 5 nitrogen and oxygen atoms in total. The first-order valence-corrected chi connectivity index (χ1v) is 8.80. The molecular weight excluding hydrogens is 314 g/mol. The standard InChI is InChI=1S/C14H11N3O2.3C2H6/c1-9-6-12(14(18)19)17(16-9)13-8-15-7-10-4-2-3-5-11(10)13;3*1-2/h2-8H,1H3,(H,18,19);3*1-2H3. The lowest BCUT2D eigenvalue weighted by Crippen LogP contribution is -2.08. The van der Waals surface area contributed by atoms with E-state index in [1.807, 2.05) is 65.8 Å². The number of hydrogen-bond donors (Lipinski definition) is 1. The van der Waals surface area contributed by atoms with Crippen LogP contribution in [0.2, 0.25) is 0 Å². The highest BCUT2D eigenvalue weighted by molar-refractivity contribution is 5.92. The fraction of sp³-hybridized carbons (Fsp3) is 0.350. The number of carboxylic acids is 1. The summed E-state index contributed by atoms with van der Waals surface area (Å²) in [7, 11) is 0. The Morgan fingerprint density at radius 2 is 1.60 bits per heavy atom. The SMILES string of the molecule is CC.CC.CC.Cc1cc(C(=O)O)n(-c2cncc3ccccc23)n1. The van der Waals surface area contributed by atoms with Crippen LogP contribution in [0.3, 0.4) is 0 Å². The number of carbonyl (C=O) groups is 1. The van der Waals surface area contributed by atoms with Gasteiger partial charge in [-0.1, -0.05) is 65.8 Å². The quantitative estimate of drug-likeness (QED) is 0.666. The number of fused-ring (bicyclic) bond motifs is 1. The number of carboxylic acid groups (broad SMARTS) is 1. The first kappa shape index (κ1) is 22.3. The van der Waals surface area contributed by atoms with Gasteiger partial charge in [0.1, 0.15) is 0 Å². The maximum atomic E-state index is 11.3. The molecule has 0 amide bonds. The van der Waals surface area contributed by atoms with E-state index in [1.165, 1.54) is 4.68 Å². The van der Waals surface area contributed by atoms with Gasteiger partial charge in [0.05, 0.1) is 17.6 Å². The Kier molecular flexibility index (Phi) is 10.5. The van der Waals surface area contributed by atoms with Crippen LogP contribution in [-0.4, -0.2) is 25.8 Å². The maximum Gasteiger partial charge on any atom is 0.354 e. The zero-order valence-electron chi connectivity index (χ0n) is 16.2. The third-order valence-electron chi connectivity index (χ3n) is 2.93. The smallest absolute Gasteiger partial charge is 0.354 e. The Labute approximate surface area is 150 Å². The number of aryl methyl sites for hydroxylation is 1. The fourth-order valence-corrected chi connectivity index (χ4v) is 2.10. The Bertz CT molecular complexity index is 774. The summed E-state index contributed by atoms with van der Waals surface area (Å²) < 4.78 is 1.42. The predicted molar refractivity (Wildman–Crippen MR) is 105 cm³/mol. The van der Waals surface area contributed by atoms with Crippen LogP contribution in [-0.2, 0) is 0 Å². The number of rotatable bonds is 2. The summed E-state index contributed by atoms with van der Waals surface area (Å²) >= 11 is 0. The van der Waals surface area contributed by atoms with E-state index < -0.39 is 5.97 Å². The zero-order chi connectivity index (χ0) is 19.4. The Hall–Kier alpha value is -2.69. The minimum atomic E-state index is -1.01. The molecule has 1 N–H and O–H groups in total. The van der Waals surface area contributed by atoms with Gasteiger partial charge in [0.25, 0.3) is 0 Å². The largest absolute Gasteiger partial charge is 0.477 e. The van der Waals surface area contributed by atoms with Crippen LogP contribution in [0.1, 0.15) is 57.7 Å². The van der Waals surface area contributed by atoms with Crippen LogP contribution in [0.4, 0.5) is 0 Å². The molecule has 0 unspecified atom stereocenters. The summed E-state index contributed by atoms with van der Waals surface area (Å²) in [6, 6.07) is 9.23. The topological polar surface area (TPSA) is 68.0 Å². The van der Waals surface area contributed by atoms with Gasteiger partial charge in [-0.25, -0.2) is 9.48 Å². The molecule has 136 valence electrons. The summed E-state index contributed by atoms with van der Waals surface area (Å²) in [5.74, 6) is -1.01. The van der Waals surface area contributed by atoms with Crippen molar-refractivity contribution >= 4 is 16.7 Å². The molecule has 2 aromatic heterocycles. The Morgan fingerprint density at radius 3 is 2.20 bits per heavy atom. The first-order chi connectivity index (χ1) is 12.2. The molecule has 3 aromatic rings. The van der Waals surface area contributed by atoms with E-state index in [9.17, 15) is 9.90 Å². The van der Waals surface area contributed by atoms with Gasteiger partial charge in [0, 0.05) is 17.0 Å². The molecule has 0 fully saturated rings. The lowest BCUT2D eigenvalue weighted by atomic mass is 10.1. The number of nitrogens with zero attached hydrogens (tertiary/aromatic N) is 3. The molecule has 1 aromatic carbocycles. The highest BCUT2D eigenvalue weighted by Gasteiger charge is 2.15. The van der Waals surface area contributed by atoms with Crippen LogP contribution < -0.4 is 0 Å². The monoisotopic (exact) mass is 343 g/mol. The van der Waals surface area contributed by atoms with Gasteiger partial charge < -0.3 is 5.11 Å². The highest BCUT2D eigenvalue weighted by atomic mass is 16.4. The third kappa shape index (κ3) is 5.41. The van der Waals surface area contributed by atoms with E-state index in [4.69, 9.17) is 0 Å². The lowest BCUT2D eigenvalue weighted by molar-refractivity contribution is 0.0687. The fourth-order valence-electron chi connectivity index (χ4n) is 2.10. The van der Waals surface area contributed by atoms with E-state index >= 15 is 0 Å². The van der Waals surface area contributed by atoms with E-state index in [1.54, 1.807) is 25.4 Å². The second kappa shape index (κ2) is 11.8. The second-order valence-corrected chi connectivity index (χ2v) is 4.27. The Morgan fingerprint density at radius 1 is 1.00 bits per heavy atom. The van der Waals surface area contributed by atoms with Gasteiger partial charge in [-0.3, -0.25) is 4.98 Å². The highest BCUT2D eigenvalue weighted by Crippen LogP contribution is 2.22. The minimum Gasteiger partial charge on any atom is -0.477 e. The van der Waals surface area contributed by atoms with E-state index in [0.717, 1.165) is 10.8 Å². The van der Waals surface area contributed by atoms with Crippen LogP contribution in [0.5, 0.6) is 0 Å². The summed E-state index contributed by atoms with van der Waals surface area (Å²) in [5.41, 5.74) is 1.46. The van der Waals surface area contributed by atoms with E-state index in [2.05, 4.69) is 10.1 Å². The lowest BCUT2D eigenvalue weighted by Gasteiger charge is -2.07. The summed E-state index contributed by atoms with van der Waals surface area (Å²) in [4.78, 5) is 15.4. The van der Waals surface area contributed by atoms with Crippen LogP contribution in [0, 0.1) is 6.92 Å². The molecule has 0 aliphatic carbocycles. The zero-order valence-corrected chi connectivity index (χ0v) is 16.2. The molecule has 5 heteroatoms. The van der Waals surface area contributed by atoms with Gasteiger partial charge >= 0.3 is 5.97 Å². The number of aromatic carboxylic acids is 1. The molecule has 0 spiro atoms. The molecule has 0 radical (unpaired) electrons. The third-order valence-corrected chi connectivity index (χ3v) is 2.93. The molecule has 0 aliphatic rings. The van der Waals surface area contributed by atoms with Gasteiger partial charge in [0.15, 0.2) is 5.69 Å². The van der Waals surface area contributed by atoms with Crippen molar-refractivity contribution in [3.8, 4) is 5.69 Å². The number of benzene rings is 1. The van der Waals surface area contributed by atoms with E-state index in [-0.39, 0.29) is 5.69 Å². The Balaban J connectivity index is 0.000000871. The van der Waals surface area contributed by atoms with E-state index in [0.29, 0.717) is 11.4 Å². The van der Waals surface area contributed by atoms with Gasteiger partial charge in [-0.2, -0.15) is 5.10 Å². The molecule has 0 saturated heterocycles. The van der Waals surface area contributed by atoms with Crippen LogP contribution in [0.15, 0.2) is 42.7 Å².